The predicted octanol–water partition coefficient (Wildman–Crippen LogP) is 1.20. The topological polar surface area (TPSA) is 109 Å². The van der Waals surface area contributed by atoms with E-state index in [1.165, 1.54) is 0 Å². The zero-order chi connectivity index (χ0) is 13.8. The maximum absolute atomic E-state index is 11.9. The van der Waals surface area contributed by atoms with Crippen molar-refractivity contribution >= 4 is 0 Å². The van der Waals surface area contributed by atoms with Crippen LogP contribution >= 0.6 is 0 Å². The van der Waals surface area contributed by atoms with Crippen LogP contribution in [0.5, 0.6) is 0 Å². The Kier molecular flexibility index (Phi) is 3.44. The second-order valence-electron chi connectivity index (χ2n) is 4.11. The molecule has 0 bridgehead atoms. The van der Waals surface area contributed by atoms with Crippen molar-refractivity contribution < 1.29 is 0 Å². The first kappa shape index (κ1) is 12.6. The number of H-pyrrole nitrogens is 2. The molecule has 0 aliphatic heterocycles. The van der Waals surface area contributed by atoms with Crippen LogP contribution in [0, 0.1) is 35.5 Å². The SMILES string of the molecule is Cc1[nH][nH]c(=O)c1[C@@H](c1ccncc1)C(C#N)C#N. The molecule has 2 aromatic heterocycles. The van der Waals surface area contributed by atoms with E-state index in [1.54, 1.807) is 31.5 Å². The van der Waals surface area contributed by atoms with E-state index in [9.17, 15) is 4.79 Å². The molecule has 0 spiro atoms. The summed E-state index contributed by atoms with van der Waals surface area (Å²) in [6, 6.07) is 7.30. The minimum Gasteiger partial charge on any atom is -0.302 e. The molecule has 2 rings (SSSR count). The molecule has 6 heteroatoms. The van der Waals surface area contributed by atoms with Gasteiger partial charge >= 0.3 is 0 Å². The number of pyridine rings is 1. The molecule has 6 nitrogen and oxygen atoms in total. The molecule has 2 aromatic rings. The normalized spacial score (nSPS) is 11.8. The lowest BCUT2D eigenvalue weighted by atomic mass is 9.82. The first-order chi connectivity index (χ1) is 9.19. The van der Waals surface area contributed by atoms with E-state index in [4.69, 9.17) is 10.5 Å². The van der Waals surface area contributed by atoms with Crippen LogP contribution in [0.4, 0.5) is 0 Å². The fourth-order valence-corrected chi connectivity index (χ4v) is 2.10. The largest absolute Gasteiger partial charge is 0.302 e. The second kappa shape index (κ2) is 5.19. The first-order valence-corrected chi connectivity index (χ1v) is 5.65. The van der Waals surface area contributed by atoms with Crippen molar-refractivity contribution in [3.05, 3.63) is 51.7 Å². The monoisotopic (exact) mass is 253 g/mol. The average Bonchev–Trinajstić information content (AvgIpc) is 2.77. The van der Waals surface area contributed by atoms with Crippen LogP contribution in [-0.2, 0) is 0 Å². The van der Waals surface area contributed by atoms with Gasteiger partial charge in [0.25, 0.3) is 5.56 Å². The Morgan fingerprint density at radius 2 is 1.84 bits per heavy atom. The van der Waals surface area contributed by atoms with Crippen molar-refractivity contribution in [2.75, 3.05) is 0 Å². The highest BCUT2D eigenvalue weighted by atomic mass is 16.1. The van der Waals surface area contributed by atoms with E-state index in [2.05, 4.69) is 15.2 Å². The van der Waals surface area contributed by atoms with Gasteiger partial charge in [0.2, 0.25) is 0 Å². The fourth-order valence-electron chi connectivity index (χ4n) is 2.10. The molecule has 0 unspecified atom stereocenters. The highest BCUT2D eigenvalue weighted by Gasteiger charge is 2.29. The van der Waals surface area contributed by atoms with Crippen molar-refractivity contribution in [1.29, 1.82) is 10.5 Å². The summed E-state index contributed by atoms with van der Waals surface area (Å²) in [7, 11) is 0. The molecule has 0 radical (unpaired) electrons. The van der Waals surface area contributed by atoms with E-state index < -0.39 is 11.8 Å². The molecular formula is C13H11N5O. The van der Waals surface area contributed by atoms with E-state index in [-0.39, 0.29) is 5.56 Å². The zero-order valence-corrected chi connectivity index (χ0v) is 10.2. The number of nitrogens with zero attached hydrogens (tertiary/aromatic N) is 3. The molecule has 0 amide bonds. The lowest BCUT2D eigenvalue weighted by molar-refractivity contribution is 0.699. The zero-order valence-electron chi connectivity index (χ0n) is 10.2. The molecule has 0 saturated heterocycles. The number of rotatable bonds is 3. The summed E-state index contributed by atoms with van der Waals surface area (Å²) in [5.74, 6) is -1.52. The molecule has 0 fully saturated rings. The predicted molar refractivity (Wildman–Crippen MR) is 66.9 cm³/mol. The minimum atomic E-state index is -0.932. The molecule has 2 N–H and O–H groups in total. The second-order valence-corrected chi connectivity index (χ2v) is 4.11. The third-order valence-corrected chi connectivity index (χ3v) is 3.00. The molecule has 0 aliphatic carbocycles. The van der Waals surface area contributed by atoms with Gasteiger partial charge in [0.15, 0.2) is 0 Å². The minimum absolute atomic E-state index is 0.310. The van der Waals surface area contributed by atoms with Crippen LogP contribution in [-0.4, -0.2) is 15.2 Å². The molecule has 0 aliphatic rings. The standard InChI is InChI=1S/C13H11N5O/c1-8-11(13(19)18-17-8)12(10(6-14)7-15)9-2-4-16-5-3-9/h2-5,10,12H,1H3,(H2,17,18,19)/t12-/m0/s1. The van der Waals surface area contributed by atoms with Gasteiger partial charge in [-0.15, -0.1) is 0 Å². The number of nitriles is 2. The van der Waals surface area contributed by atoms with Crippen LogP contribution in [0.15, 0.2) is 29.3 Å². The van der Waals surface area contributed by atoms with Gasteiger partial charge in [-0.2, -0.15) is 10.5 Å². The van der Waals surface area contributed by atoms with Crippen LogP contribution in [0.2, 0.25) is 0 Å². The van der Waals surface area contributed by atoms with E-state index in [1.807, 2.05) is 12.1 Å². The summed E-state index contributed by atoms with van der Waals surface area (Å²) in [5, 5.41) is 23.4. The maximum Gasteiger partial charge on any atom is 0.268 e. The summed E-state index contributed by atoms with van der Waals surface area (Å²) >= 11 is 0. The lowest BCUT2D eigenvalue weighted by Crippen LogP contribution is -2.19. The smallest absolute Gasteiger partial charge is 0.268 e. The summed E-state index contributed by atoms with van der Waals surface area (Å²) in [6.45, 7) is 1.73. The van der Waals surface area contributed by atoms with Crippen molar-refractivity contribution in [2.24, 2.45) is 5.92 Å². The summed E-state index contributed by atoms with van der Waals surface area (Å²) < 4.78 is 0. The average molecular weight is 253 g/mol. The first-order valence-electron chi connectivity index (χ1n) is 5.65. The van der Waals surface area contributed by atoms with Crippen LogP contribution in [0.25, 0.3) is 0 Å². The molecule has 19 heavy (non-hydrogen) atoms. The van der Waals surface area contributed by atoms with Crippen molar-refractivity contribution in [3.63, 3.8) is 0 Å². The molecule has 1 atom stereocenters. The van der Waals surface area contributed by atoms with Gasteiger partial charge < -0.3 is 5.10 Å². The van der Waals surface area contributed by atoms with Crippen LogP contribution < -0.4 is 5.56 Å². The number of aromatic nitrogens is 3. The highest BCUT2D eigenvalue weighted by Crippen LogP contribution is 2.30. The van der Waals surface area contributed by atoms with Crippen molar-refractivity contribution in [2.45, 2.75) is 12.8 Å². The fraction of sp³-hybridized carbons (Fsp3) is 0.231. The molecular weight excluding hydrogens is 242 g/mol. The molecule has 94 valence electrons. The number of hydrogen-bond donors (Lipinski definition) is 2. The van der Waals surface area contributed by atoms with Gasteiger partial charge in [-0.1, -0.05) is 0 Å². The van der Waals surface area contributed by atoms with E-state index >= 15 is 0 Å². The third kappa shape index (κ3) is 2.24. The van der Waals surface area contributed by atoms with E-state index in [0.717, 1.165) is 5.56 Å². The Morgan fingerprint density at radius 1 is 1.21 bits per heavy atom. The number of nitrogens with one attached hydrogen (secondary N) is 2. The summed E-state index contributed by atoms with van der Waals surface area (Å²) in [5.41, 5.74) is 1.45. The number of hydrogen-bond acceptors (Lipinski definition) is 4. The van der Waals surface area contributed by atoms with Gasteiger partial charge in [-0.3, -0.25) is 14.9 Å². The Balaban J connectivity index is 2.64. The van der Waals surface area contributed by atoms with Crippen LogP contribution in [0.1, 0.15) is 22.7 Å². The van der Waals surface area contributed by atoms with Gasteiger partial charge in [0, 0.05) is 29.6 Å². The molecule has 0 saturated carbocycles. The number of aromatic amines is 2. The summed E-state index contributed by atoms with van der Waals surface area (Å²) in [6.07, 6.45) is 3.15. The molecule has 2 heterocycles. The highest BCUT2D eigenvalue weighted by molar-refractivity contribution is 5.37. The van der Waals surface area contributed by atoms with Crippen LogP contribution in [0.3, 0.4) is 0 Å². The van der Waals surface area contributed by atoms with Gasteiger partial charge in [-0.25, -0.2) is 0 Å². The van der Waals surface area contributed by atoms with Gasteiger partial charge in [-0.05, 0) is 24.6 Å². The Morgan fingerprint density at radius 3 is 2.32 bits per heavy atom. The lowest BCUT2D eigenvalue weighted by Gasteiger charge is -2.16. The maximum atomic E-state index is 11.9. The quantitative estimate of drug-likeness (QED) is 0.856. The van der Waals surface area contributed by atoms with Gasteiger partial charge in [0.1, 0.15) is 5.92 Å². The molecule has 0 aromatic carbocycles. The number of aryl methyl sites for hydroxylation is 1. The Labute approximate surface area is 109 Å². The van der Waals surface area contributed by atoms with Gasteiger partial charge in [0.05, 0.1) is 12.1 Å². The Bertz CT molecular complexity index is 687. The van der Waals surface area contributed by atoms with Crippen molar-refractivity contribution in [1.82, 2.24) is 15.2 Å². The Hall–Kier alpha value is -2.86. The van der Waals surface area contributed by atoms with E-state index in [0.29, 0.717) is 11.3 Å². The summed E-state index contributed by atoms with van der Waals surface area (Å²) in [4.78, 5) is 15.8. The van der Waals surface area contributed by atoms with Crippen molar-refractivity contribution in [3.8, 4) is 12.1 Å². The third-order valence-electron chi connectivity index (χ3n) is 3.00.